The molecule has 3 aromatic heterocycles. The van der Waals surface area contributed by atoms with Gasteiger partial charge >= 0.3 is 6.18 Å². The summed E-state index contributed by atoms with van der Waals surface area (Å²) >= 11 is 0. The highest BCUT2D eigenvalue weighted by Gasteiger charge is 2.49. The van der Waals surface area contributed by atoms with E-state index in [1.165, 1.54) is 6.20 Å². The van der Waals surface area contributed by atoms with Crippen LogP contribution in [0.4, 0.5) is 18.9 Å². The van der Waals surface area contributed by atoms with Crippen molar-refractivity contribution in [2.45, 2.75) is 50.3 Å². The second-order valence-corrected chi connectivity index (χ2v) is 12.0. The number of nitrogens with zero attached hydrogens (tertiary/aromatic N) is 5. The molecule has 2 saturated heterocycles. The third-order valence-corrected chi connectivity index (χ3v) is 8.87. The molecule has 0 unspecified atom stereocenters. The van der Waals surface area contributed by atoms with Gasteiger partial charge in [0.25, 0.3) is 5.91 Å². The molecule has 0 saturated carbocycles. The predicted octanol–water partition coefficient (Wildman–Crippen LogP) is 4.07. The largest absolute Gasteiger partial charge is 0.491 e. The van der Waals surface area contributed by atoms with Crippen LogP contribution >= 0.6 is 0 Å². The average molecular weight is 627 g/mol. The maximum Gasteiger partial charge on any atom is 0.422 e. The molecular weight excluding hydrogens is 589 g/mol. The van der Waals surface area contributed by atoms with Gasteiger partial charge in [-0.3, -0.25) is 9.78 Å². The second-order valence-electron chi connectivity index (χ2n) is 12.0. The molecule has 13 heteroatoms. The molecule has 0 bridgehead atoms. The summed E-state index contributed by atoms with van der Waals surface area (Å²) in [5.41, 5.74) is -0.238. The minimum absolute atomic E-state index is 0.0155. The van der Waals surface area contributed by atoms with Crippen molar-refractivity contribution >= 4 is 11.6 Å². The first kappa shape index (κ1) is 31.0. The summed E-state index contributed by atoms with van der Waals surface area (Å²) in [5, 5.41) is 14.1. The lowest BCUT2D eigenvalue weighted by Crippen LogP contribution is -2.67. The summed E-state index contributed by atoms with van der Waals surface area (Å²) < 4.78 is 54.2. The van der Waals surface area contributed by atoms with E-state index < -0.39 is 22.8 Å². The quantitative estimate of drug-likeness (QED) is 0.363. The highest BCUT2D eigenvalue weighted by molar-refractivity contribution is 5.96. The lowest BCUT2D eigenvalue weighted by atomic mass is 9.69. The molecule has 0 atom stereocenters. The second kappa shape index (κ2) is 12.1. The fourth-order valence-corrected chi connectivity index (χ4v) is 6.60. The van der Waals surface area contributed by atoms with Gasteiger partial charge in [0.15, 0.2) is 5.75 Å². The number of pyridine rings is 3. The normalized spacial score (nSPS) is 18.8. The minimum Gasteiger partial charge on any atom is -0.491 e. The molecule has 1 amide bonds. The van der Waals surface area contributed by atoms with Crippen molar-refractivity contribution in [3.05, 3.63) is 59.7 Å². The van der Waals surface area contributed by atoms with Crippen LogP contribution in [0.1, 0.15) is 54.7 Å². The summed E-state index contributed by atoms with van der Waals surface area (Å²) in [7, 11) is 0. The van der Waals surface area contributed by atoms with Crippen molar-refractivity contribution in [1.29, 1.82) is 0 Å². The molecule has 3 aliphatic rings. The molecule has 1 spiro atoms. The highest BCUT2D eigenvalue weighted by Crippen LogP contribution is 2.47. The molecule has 2 fully saturated rings. The zero-order valence-electron chi connectivity index (χ0n) is 25.4. The van der Waals surface area contributed by atoms with Gasteiger partial charge in [0.05, 0.1) is 49.1 Å². The van der Waals surface area contributed by atoms with E-state index in [1.54, 1.807) is 22.1 Å². The van der Waals surface area contributed by atoms with E-state index in [0.29, 0.717) is 75.7 Å². The average Bonchev–Trinajstić information content (AvgIpc) is 3.01. The fourth-order valence-electron chi connectivity index (χ4n) is 6.60. The first-order valence-electron chi connectivity index (χ1n) is 15.3. The van der Waals surface area contributed by atoms with Crippen molar-refractivity contribution in [1.82, 2.24) is 25.2 Å². The lowest BCUT2D eigenvalue weighted by molar-refractivity contribution is -0.138. The predicted molar refractivity (Wildman–Crippen MR) is 161 cm³/mol. The van der Waals surface area contributed by atoms with Gasteiger partial charge in [-0.05, 0) is 49.9 Å². The Morgan fingerprint density at radius 2 is 1.87 bits per heavy atom. The Balaban J connectivity index is 1.36. The first-order chi connectivity index (χ1) is 21.6. The van der Waals surface area contributed by atoms with Crippen LogP contribution in [0.15, 0.2) is 42.9 Å². The Morgan fingerprint density at radius 1 is 1.09 bits per heavy atom. The summed E-state index contributed by atoms with van der Waals surface area (Å²) in [6.07, 6.45) is 0.873. The molecule has 2 N–H and O–H groups in total. The molecule has 0 radical (unpaired) electrons. The molecule has 0 aliphatic carbocycles. The number of carbonyl (C=O) groups excluding carboxylic acids is 1. The van der Waals surface area contributed by atoms with Crippen LogP contribution in [-0.2, 0) is 11.6 Å². The summed E-state index contributed by atoms with van der Waals surface area (Å²) in [5.74, 6) is -0.154. The van der Waals surface area contributed by atoms with E-state index in [0.717, 1.165) is 11.8 Å². The number of alkyl halides is 3. The number of halogens is 3. The van der Waals surface area contributed by atoms with Crippen molar-refractivity contribution < 1.29 is 32.5 Å². The molecule has 0 aromatic carbocycles. The molecular formula is C32H37F3N6O4. The van der Waals surface area contributed by atoms with E-state index in [4.69, 9.17) is 14.5 Å². The monoisotopic (exact) mass is 626 g/mol. The highest BCUT2D eigenvalue weighted by atomic mass is 19.4. The van der Waals surface area contributed by atoms with Crippen LogP contribution < -0.4 is 19.7 Å². The Labute approximate surface area is 259 Å². The Morgan fingerprint density at radius 3 is 2.53 bits per heavy atom. The maximum atomic E-state index is 14.4. The Bertz CT molecular complexity index is 1560. The molecule has 6 heterocycles. The van der Waals surface area contributed by atoms with Gasteiger partial charge in [0.1, 0.15) is 16.9 Å². The van der Waals surface area contributed by atoms with E-state index in [2.05, 4.69) is 15.3 Å². The van der Waals surface area contributed by atoms with Crippen LogP contribution in [0.25, 0.3) is 11.3 Å². The van der Waals surface area contributed by atoms with Gasteiger partial charge in [-0.2, -0.15) is 13.2 Å². The number of fused-ring (bicyclic) bond motifs is 2. The van der Waals surface area contributed by atoms with Crippen LogP contribution in [0.3, 0.4) is 0 Å². The minimum atomic E-state index is -4.63. The number of β-amino-alcohol motifs (C(OH)–C–C–N with tert-alkyl or cyclic N) is 1. The number of ether oxygens (including phenoxy) is 2. The van der Waals surface area contributed by atoms with Gasteiger partial charge < -0.3 is 29.7 Å². The molecule has 45 heavy (non-hydrogen) atoms. The van der Waals surface area contributed by atoms with Gasteiger partial charge in [0, 0.05) is 44.3 Å². The number of hydrogen-bond donors (Lipinski definition) is 2. The molecule has 240 valence electrons. The molecule has 3 aromatic rings. The van der Waals surface area contributed by atoms with E-state index in [1.807, 2.05) is 32.0 Å². The maximum absolute atomic E-state index is 14.4. The number of piperidine rings is 1. The van der Waals surface area contributed by atoms with Crippen molar-refractivity contribution in [2.24, 2.45) is 0 Å². The Hall–Kier alpha value is -3.97. The van der Waals surface area contributed by atoms with Gasteiger partial charge in [-0.25, -0.2) is 9.97 Å². The van der Waals surface area contributed by atoms with E-state index in [-0.39, 0.29) is 36.2 Å². The van der Waals surface area contributed by atoms with E-state index >= 15 is 0 Å². The van der Waals surface area contributed by atoms with Crippen molar-refractivity contribution in [3.8, 4) is 22.9 Å². The lowest BCUT2D eigenvalue weighted by Gasteiger charge is -2.50. The zero-order chi connectivity index (χ0) is 31.8. The fraction of sp³-hybridized carbons (Fsp3) is 0.500. The standard InChI is InChI=1S/C32H37F3N6O4/c1-3-14-45-25-16-36-15-24(26(25)32(33,34)35)40-12-9-30(10-13-40)19-41(20-31(43)17-37-18-31)29(42)27-22(30)7-8-23(39-27)21-6-5-11-38-28(21)44-4-2/h5-8,11,15-16,37,43H,3-4,9-10,12-14,17-20H2,1-2H3. The van der Waals surface area contributed by atoms with Crippen LogP contribution in [0.2, 0.25) is 0 Å². The summed E-state index contributed by atoms with van der Waals surface area (Å²) in [6.45, 7) is 6.05. The van der Waals surface area contributed by atoms with Gasteiger partial charge in [0.2, 0.25) is 5.88 Å². The number of rotatable bonds is 9. The van der Waals surface area contributed by atoms with Gasteiger partial charge in [-0.15, -0.1) is 0 Å². The molecule has 6 rings (SSSR count). The SMILES string of the molecule is CCCOc1cncc(N2CCC3(CC2)CN(CC2(O)CNC2)C(=O)c2nc(-c4cccnc4OCC)ccc23)c1C(F)(F)F. The number of carbonyl (C=O) groups is 1. The van der Waals surface area contributed by atoms with Crippen LogP contribution in [-0.4, -0.2) is 88.9 Å². The van der Waals surface area contributed by atoms with Crippen LogP contribution in [0.5, 0.6) is 11.6 Å². The smallest absolute Gasteiger partial charge is 0.422 e. The van der Waals surface area contributed by atoms with Crippen molar-refractivity contribution in [2.75, 3.05) is 57.4 Å². The van der Waals surface area contributed by atoms with E-state index in [9.17, 15) is 23.1 Å². The topological polar surface area (TPSA) is 113 Å². The third kappa shape index (κ3) is 5.90. The number of nitrogens with one attached hydrogen (secondary N) is 1. The number of amides is 1. The number of aliphatic hydroxyl groups is 1. The third-order valence-electron chi connectivity index (χ3n) is 8.87. The Kier molecular flexibility index (Phi) is 8.33. The van der Waals surface area contributed by atoms with Crippen molar-refractivity contribution in [3.63, 3.8) is 0 Å². The van der Waals surface area contributed by atoms with Gasteiger partial charge in [-0.1, -0.05) is 13.0 Å². The molecule has 3 aliphatic heterocycles. The first-order valence-corrected chi connectivity index (χ1v) is 15.3. The summed E-state index contributed by atoms with van der Waals surface area (Å²) in [6, 6.07) is 7.36. The number of anilines is 1. The summed E-state index contributed by atoms with van der Waals surface area (Å²) in [4.78, 5) is 30.6. The zero-order valence-corrected chi connectivity index (χ0v) is 25.4. The molecule has 10 nitrogen and oxygen atoms in total. The number of aromatic nitrogens is 3. The van der Waals surface area contributed by atoms with Crippen LogP contribution in [0, 0.1) is 0 Å². The number of hydrogen-bond acceptors (Lipinski definition) is 9.